The van der Waals surface area contributed by atoms with Gasteiger partial charge in [0.2, 0.25) is 5.95 Å². The summed E-state index contributed by atoms with van der Waals surface area (Å²) >= 11 is 0. The highest BCUT2D eigenvalue weighted by atomic mass is 15.6. The SMILES string of the molecule is c1ccc(CCN2CCN(Nc3ncccn3)CC2)cc1. The lowest BCUT2D eigenvalue weighted by Gasteiger charge is -2.34. The van der Waals surface area contributed by atoms with Gasteiger partial charge in [-0.15, -0.1) is 0 Å². The van der Waals surface area contributed by atoms with Gasteiger partial charge in [-0.2, -0.15) is 0 Å². The summed E-state index contributed by atoms with van der Waals surface area (Å²) in [6.07, 6.45) is 4.63. The van der Waals surface area contributed by atoms with E-state index in [1.807, 2.05) is 6.07 Å². The summed E-state index contributed by atoms with van der Waals surface area (Å²) in [5.41, 5.74) is 4.67. The van der Waals surface area contributed by atoms with Crippen LogP contribution in [0.2, 0.25) is 0 Å². The van der Waals surface area contributed by atoms with Gasteiger partial charge >= 0.3 is 0 Å². The number of rotatable bonds is 5. The number of hydrazine groups is 1. The largest absolute Gasteiger partial charge is 0.300 e. The van der Waals surface area contributed by atoms with Crippen molar-refractivity contribution in [3.05, 3.63) is 54.4 Å². The van der Waals surface area contributed by atoms with E-state index >= 15 is 0 Å². The number of benzene rings is 1. The minimum Gasteiger partial charge on any atom is -0.300 e. The van der Waals surface area contributed by atoms with E-state index < -0.39 is 0 Å². The van der Waals surface area contributed by atoms with Crippen LogP contribution in [0.5, 0.6) is 0 Å². The number of nitrogens with one attached hydrogen (secondary N) is 1. The molecule has 1 fully saturated rings. The van der Waals surface area contributed by atoms with Crippen LogP contribution in [-0.2, 0) is 6.42 Å². The van der Waals surface area contributed by atoms with Gasteiger partial charge in [0.1, 0.15) is 0 Å². The summed E-state index contributed by atoms with van der Waals surface area (Å²) in [6.45, 7) is 5.26. The molecule has 110 valence electrons. The third-order valence-corrected chi connectivity index (χ3v) is 3.76. The van der Waals surface area contributed by atoms with Gasteiger partial charge in [0.25, 0.3) is 0 Å². The molecular weight excluding hydrogens is 262 g/mol. The molecule has 0 unspecified atom stereocenters. The van der Waals surface area contributed by atoms with E-state index in [1.165, 1.54) is 5.56 Å². The number of nitrogens with zero attached hydrogens (tertiary/aromatic N) is 4. The molecule has 1 N–H and O–H groups in total. The Kier molecular flexibility index (Phi) is 4.76. The predicted molar refractivity (Wildman–Crippen MR) is 83.8 cm³/mol. The molecular formula is C16H21N5. The molecule has 1 aliphatic heterocycles. The van der Waals surface area contributed by atoms with Crippen LogP contribution in [0.25, 0.3) is 0 Å². The zero-order chi connectivity index (χ0) is 14.3. The van der Waals surface area contributed by atoms with Crippen molar-refractivity contribution in [2.24, 2.45) is 0 Å². The monoisotopic (exact) mass is 283 g/mol. The zero-order valence-electron chi connectivity index (χ0n) is 12.2. The Balaban J connectivity index is 1.41. The first-order valence-electron chi connectivity index (χ1n) is 7.45. The molecule has 0 saturated carbocycles. The van der Waals surface area contributed by atoms with Crippen LogP contribution in [0.15, 0.2) is 48.8 Å². The zero-order valence-corrected chi connectivity index (χ0v) is 12.2. The van der Waals surface area contributed by atoms with Crippen molar-refractivity contribution in [1.29, 1.82) is 0 Å². The topological polar surface area (TPSA) is 44.3 Å². The fourth-order valence-electron chi connectivity index (χ4n) is 2.51. The normalized spacial score (nSPS) is 16.8. The maximum atomic E-state index is 4.19. The van der Waals surface area contributed by atoms with E-state index in [2.05, 4.69) is 55.6 Å². The molecule has 0 spiro atoms. The second-order valence-corrected chi connectivity index (χ2v) is 5.25. The van der Waals surface area contributed by atoms with E-state index in [9.17, 15) is 0 Å². The summed E-state index contributed by atoms with van der Waals surface area (Å²) in [5.74, 6) is 0.676. The summed E-state index contributed by atoms with van der Waals surface area (Å²) in [6, 6.07) is 12.5. The lowest BCUT2D eigenvalue weighted by atomic mass is 10.1. The van der Waals surface area contributed by atoms with E-state index in [4.69, 9.17) is 0 Å². The molecule has 5 nitrogen and oxygen atoms in total. The summed E-state index contributed by atoms with van der Waals surface area (Å²) in [5, 5.41) is 2.19. The highest BCUT2D eigenvalue weighted by molar-refractivity contribution is 5.20. The van der Waals surface area contributed by atoms with Crippen molar-refractivity contribution >= 4 is 5.95 Å². The average Bonchev–Trinajstić information content (AvgIpc) is 2.56. The number of piperazine rings is 1. The van der Waals surface area contributed by atoms with Crippen LogP contribution >= 0.6 is 0 Å². The third-order valence-electron chi connectivity index (χ3n) is 3.76. The van der Waals surface area contributed by atoms with Crippen molar-refractivity contribution in [3.63, 3.8) is 0 Å². The second-order valence-electron chi connectivity index (χ2n) is 5.25. The first kappa shape index (κ1) is 14.0. The summed E-state index contributed by atoms with van der Waals surface area (Å²) < 4.78 is 0. The van der Waals surface area contributed by atoms with Gasteiger partial charge in [-0.1, -0.05) is 30.3 Å². The highest BCUT2D eigenvalue weighted by Crippen LogP contribution is 2.06. The molecule has 0 atom stereocenters. The molecule has 0 aliphatic carbocycles. The molecule has 3 rings (SSSR count). The molecule has 2 aromatic rings. The van der Waals surface area contributed by atoms with Crippen LogP contribution in [0.1, 0.15) is 5.56 Å². The smallest absolute Gasteiger partial charge is 0.237 e. The Hall–Kier alpha value is -1.98. The van der Waals surface area contributed by atoms with E-state index in [1.54, 1.807) is 12.4 Å². The highest BCUT2D eigenvalue weighted by Gasteiger charge is 2.16. The van der Waals surface area contributed by atoms with Gasteiger partial charge in [-0.3, -0.25) is 5.43 Å². The lowest BCUT2D eigenvalue weighted by Crippen LogP contribution is -2.49. The predicted octanol–water partition coefficient (Wildman–Crippen LogP) is 1.66. The van der Waals surface area contributed by atoms with Crippen molar-refractivity contribution in [1.82, 2.24) is 19.9 Å². The van der Waals surface area contributed by atoms with Gasteiger partial charge in [0.05, 0.1) is 0 Å². The van der Waals surface area contributed by atoms with Crippen molar-refractivity contribution in [2.75, 3.05) is 38.1 Å². The van der Waals surface area contributed by atoms with Crippen LogP contribution in [-0.4, -0.2) is 52.6 Å². The van der Waals surface area contributed by atoms with E-state index in [-0.39, 0.29) is 0 Å². The molecule has 0 radical (unpaired) electrons. The lowest BCUT2D eigenvalue weighted by molar-refractivity contribution is 0.153. The Morgan fingerprint density at radius 1 is 0.905 bits per heavy atom. The minimum atomic E-state index is 0.676. The summed E-state index contributed by atoms with van der Waals surface area (Å²) in [7, 11) is 0. The molecule has 0 amide bonds. The van der Waals surface area contributed by atoms with Crippen LogP contribution in [0, 0.1) is 0 Å². The van der Waals surface area contributed by atoms with Gasteiger partial charge in [0, 0.05) is 45.1 Å². The fourth-order valence-corrected chi connectivity index (χ4v) is 2.51. The van der Waals surface area contributed by atoms with Gasteiger partial charge in [0.15, 0.2) is 0 Å². The van der Waals surface area contributed by atoms with E-state index in [0.29, 0.717) is 5.95 Å². The quantitative estimate of drug-likeness (QED) is 0.904. The molecule has 1 aliphatic rings. The summed E-state index contributed by atoms with van der Waals surface area (Å²) in [4.78, 5) is 10.9. The number of hydrogen-bond acceptors (Lipinski definition) is 5. The fraction of sp³-hybridized carbons (Fsp3) is 0.375. The van der Waals surface area contributed by atoms with Crippen LogP contribution in [0.4, 0.5) is 5.95 Å². The standard InChI is InChI=1S/C16H21N5/c1-2-5-15(6-3-1)7-10-20-11-13-21(14-12-20)19-16-17-8-4-9-18-16/h1-6,8-9H,7,10-14H2,(H,17,18,19). The Bertz CT molecular complexity index is 523. The molecule has 0 bridgehead atoms. The van der Waals surface area contributed by atoms with Gasteiger partial charge < -0.3 is 4.90 Å². The number of hydrogen-bond donors (Lipinski definition) is 1. The number of anilines is 1. The van der Waals surface area contributed by atoms with Crippen LogP contribution < -0.4 is 5.43 Å². The van der Waals surface area contributed by atoms with E-state index in [0.717, 1.165) is 39.1 Å². The van der Waals surface area contributed by atoms with Crippen molar-refractivity contribution in [2.45, 2.75) is 6.42 Å². The third kappa shape index (κ3) is 4.24. The Labute approximate surface area is 125 Å². The maximum absolute atomic E-state index is 4.19. The molecule has 1 aromatic carbocycles. The average molecular weight is 283 g/mol. The molecule has 1 aromatic heterocycles. The minimum absolute atomic E-state index is 0.676. The molecule has 21 heavy (non-hydrogen) atoms. The molecule has 5 heteroatoms. The van der Waals surface area contributed by atoms with Crippen molar-refractivity contribution in [3.8, 4) is 0 Å². The molecule has 1 saturated heterocycles. The van der Waals surface area contributed by atoms with Gasteiger partial charge in [-0.25, -0.2) is 15.0 Å². The first-order valence-corrected chi connectivity index (χ1v) is 7.45. The number of aromatic nitrogens is 2. The van der Waals surface area contributed by atoms with Crippen molar-refractivity contribution < 1.29 is 0 Å². The Morgan fingerprint density at radius 2 is 1.62 bits per heavy atom. The van der Waals surface area contributed by atoms with Gasteiger partial charge in [-0.05, 0) is 18.1 Å². The second kappa shape index (κ2) is 7.15. The molecule has 2 heterocycles. The maximum Gasteiger partial charge on any atom is 0.237 e. The Morgan fingerprint density at radius 3 is 2.33 bits per heavy atom. The first-order chi connectivity index (χ1) is 10.4. The van der Waals surface area contributed by atoms with Crippen LogP contribution in [0.3, 0.4) is 0 Å².